The van der Waals surface area contributed by atoms with Gasteiger partial charge in [0, 0.05) is 13.1 Å². The highest BCUT2D eigenvalue weighted by molar-refractivity contribution is 9.10. The van der Waals surface area contributed by atoms with Gasteiger partial charge in [0.2, 0.25) is 0 Å². The van der Waals surface area contributed by atoms with Gasteiger partial charge < -0.3 is 10.1 Å². The zero-order valence-electron chi connectivity index (χ0n) is 12.7. The Labute approximate surface area is 133 Å². The van der Waals surface area contributed by atoms with Crippen LogP contribution in [0.3, 0.4) is 0 Å². The number of hydrogen-bond acceptors (Lipinski definition) is 4. The van der Waals surface area contributed by atoms with E-state index in [0.717, 1.165) is 46.9 Å². The largest absolute Gasteiger partial charge is 0.486 e. The Hall–Kier alpha value is -1.40. The number of aryl methyl sites for hydroxylation is 2. The number of nitrogens with one attached hydrogen (secondary N) is 1. The zero-order valence-corrected chi connectivity index (χ0v) is 14.3. The van der Waals surface area contributed by atoms with Crippen LogP contribution in [0.5, 0.6) is 5.75 Å². The van der Waals surface area contributed by atoms with E-state index in [1.165, 1.54) is 0 Å². The summed E-state index contributed by atoms with van der Waals surface area (Å²) >= 11 is 3.57. The highest BCUT2D eigenvalue weighted by atomic mass is 79.9. The van der Waals surface area contributed by atoms with Crippen molar-refractivity contribution < 1.29 is 4.74 Å². The number of nitrogens with zero attached hydrogens (tertiary/aromatic N) is 3. The molecule has 1 N–H and O–H groups in total. The minimum atomic E-state index is 0.476. The molecule has 6 heteroatoms. The van der Waals surface area contributed by atoms with Crippen molar-refractivity contribution >= 4 is 15.9 Å². The van der Waals surface area contributed by atoms with E-state index in [-0.39, 0.29) is 0 Å². The van der Waals surface area contributed by atoms with Gasteiger partial charge in [-0.2, -0.15) is 5.10 Å². The van der Waals surface area contributed by atoms with Crippen LogP contribution >= 0.6 is 15.9 Å². The number of rotatable bonds is 7. The van der Waals surface area contributed by atoms with Crippen molar-refractivity contribution in [1.29, 1.82) is 0 Å². The molecule has 0 amide bonds. The second-order valence-electron chi connectivity index (χ2n) is 4.72. The lowest BCUT2D eigenvalue weighted by atomic mass is 10.3. The molecule has 0 unspecified atom stereocenters. The molecule has 0 saturated carbocycles. The summed E-state index contributed by atoms with van der Waals surface area (Å²) in [7, 11) is 0. The molecule has 21 heavy (non-hydrogen) atoms. The number of aromatic nitrogens is 3. The highest BCUT2D eigenvalue weighted by Gasteiger charge is 2.12. The highest BCUT2D eigenvalue weighted by Crippen LogP contribution is 2.22. The third-order valence-corrected chi connectivity index (χ3v) is 4.21. The maximum Gasteiger partial charge on any atom is 0.138 e. The summed E-state index contributed by atoms with van der Waals surface area (Å²) in [5.74, 6) is 0.767. The van der Waals surface area contributed by atoms with E-state index in [1.54, 1.807) is 6.20 Å². The van der Waals surface area contributed by atoms with Gasteiger partial charge in [0.15, 0.2) is 0 Å². The maximum absolute atomic E-state index is 5.81. The molecule has 2 rings (SSSR count). The smallest absolute Gasteiger partial charge is 0.138 e. The number of ether oxygens (including phenoxy) is 1. The monoisotopic (exact) mass is 352 g/mol. The van der Waals surface area contributed by atoms with Gasteiger partial charge in [0.25, 0.3) is 0 Å². The molecule has 0 atom stereocenters. The van der Waals surface area contributed by atoms with Crippen molar-refractivity contribution in [1.82, 2.24) is 20.1 Å². The Kier molecular flexibility index (Phi) is 5.76. The van der Waals surface area contributed by atoms with E-state index in [2.05, 4.69) is 45.2 Å². The van der Waals surface area contributed by atoms with Crippen molar-refractivity contribution in [2.45, 2.75) is 40.5 Å². The number of pyridine rings is 1. The van der Waals surface area contributed by atoms with Crippen molar-refractivity contribution in [2.75, 3.05) is 6.54 Å². The summed E-state index contributed by atoms with van der Waals surface area (Å²) < 4.78 is 8.78. The molecule has 0 aromatic carbocycles. The average molecular weight is 353 g/mol. The summed E-state index contributed by atoms with van der Waals surface area (Å²) in [5.41, 5.74) is 3.04. The van der Waals surface area contributed by atoms with Crippen LogP contribution in [0.4, 0.5) is 0 Å². The summed E-state index contributed by atoms with van der Waals surface area (Å²) in [4.78, 5) is 4.38. The van der Waals surface area contributed by atoms with Crippen LogP contribution < -0.4 is 10.1 Å². The lowest BCUT2D eigenvalue weighted by molar-refractivity contribution is 0.290. The minimum Gasteiger partial charge on any atom is -0.486 e. The molecule has 0 spiro atoms. The predicted octanol–water partition coefficient (Wildman–Crippen LogP) is 3.06. The molecule has 5 nitrogen and oxygen atoms in total. The normalized spacial score (nSPS) is 10.9. The lowest BCUT2D eigenvalue weighted by Crippen LogP contribution is -2.12. The molecule has 0 saturated heterocycles. The van der Waals surface area contributed by atoms with E-state index in [0.29, 0.717) is 6.61 Å². The van der Waals surface area contributed by atoms with Gasteiger partial charge in [-0.25, -0.2) is 0 Å². The summed E-state index contributed by atoms with van der Waals surface area (Å²) in [5, 5.41) is 7.70. The van der Waals surface area contributed by atoms with E-state index < -0.39 is 0 Å². The average Bonchev–Trinajstić information content (AvgIpc) is 2.79. The fourth-order valence-electron chi connectivity index (χ4n) is 2.01. The summed E-state index contributed by atoms with van der Waals surface area (Å²) in [6.07, 6.45) is 1.76. The van der Waals surface area contributed by atoms with Gasteiger partial charge in [-0.1, -0.05) is 6.92 Å². The van der Waals surface area contributed by atoms with E-state index in [1.807, 2.05) is 23.7 Å². The molecule has 114 valence electrons. The third-order valence-electron chi connectivity index (χ3n) is 3.18. The van der Waals surface area contributed by atoms with Crippen molar-refractivity contribution in [3.8, 4) is 5.75 Å². The van der Waals surface area contributed by atoms with Gasteiger partial charge in [0.1, 0.15) is 12.4 Å². The van der Waals surface area contributed by atoms with E-state index in [9.17, 15) is 0 Å². The second-order valence-corrected chi connectivity index (χ2v) is 5.51. The van der Waals surface area contributed by atoms with Crippen LogP contribution in [0, 0.1) is 6.92 Å². The summed E-state index contributed by atoms with van der Waals surface area (Å²) in [6, 6.07) is 3.93. The van der Waals surface area contributed by atoms with E-state index >= 15 is 0 Å². The fourth-order valence-corrected chi connectivity index (χ4v) is 2.41. The quantitative estimate of drug-likeness (QED) is 0.831. The fraction of sp³-hybridized carbons (Fsp3) is 0.467. The van der Waals surface area contributed by atoms with Crippen LogP contribution in [-0.2, 0) is 19.7 Å². The molecule has 0 fully saturated rings. The number of hydrogen-bond donors (Lipinski definition) is 1. The van der Waals surface area contributed by atoms with Gasteiger partial charge in [-0.3, -0.25) is 9.67 Å². The van der Waals surface area contributed by atoms with Crippen molar-refractivity contribution in [2.24, 2.45) is 0 Å². The Morgan fingerprint density at radius 3 is 2.76 bits per heavy atom. The first-order valence-corrected chi connectivity index (χ1v) is 7.95. The van der Waals surface area contributed by atoms with Crippen LogP contribution in [0.2, 0.25) is 0 Å². The standard InChI is InChI=1S/C15H21BrN4O/c1-4-17-8-12-6-7-13(9-18-12)21-10-14-15(16)11(3)19-20(14)5-2/h6-7,9,17H,4-5,8,10H2,1-3H3. The van der Waals surface area contributed by atoms with E-state index in [4.69, 9.17) is 4.74 Å². The molecule has 0 aliphatic rings. The molecule has 0 aliphatic heterocycles. The van der Waals surface area contributed by atoms with Crippen molar-refractivity contribution in [3.63, 3.8) is 0 Å². The third kappa shape index (κ3) is 4.04. The number of halogens is 1. The van der Waals surface area contributed by atoms with Gasteiger partial charge in [-0.05, 0) is 48.5 Å². The maximum atomic E-state index is 5.81. The first kappa shape index (κ1) is 16.0. The molecule has 2 aromatic heterocycles. The van der Waals surface area contributed by atoms with Crippen LogP contribution in [0.15, 0.2) is 22.8 Å². The van der Waals surface area contributed by atoms with Crippen LogP contribution in [0.25, 0.3) is 0 Å². The Morgan fingerprint density at radius 2 is 2.14 bits per heavy atom. The Balaban J connectivity index is 2.00. The molecular weight excluding hydrogens is 332 g/mol. The predicted molar refractivity (Wildman–Crippen MR) is 86.3 cm³/mol. The molecular formula is C15H21BrN4O. The van der Waals surface area contributed by atoms with Gasteiger partial charge >= 0.3 is 0 Å². The molecule has 2 aromatic rings. The topological polar surface area (TPSA) is 52.0 Å². The van der Waals surface area contributed by atoms with Crippen LogP contribution in [0.1, 0.15) is 30.9 Å². The first-order chi connectivity index (χ1) is 10.2. The molecule has 0 bridgehead atoms. The minimum absolute atomic E-state index is 0.476. The Morgan fingerprint density at radius 1 is 1.33 bits per heavy atom. The van der Waals surface area contributed by atoms with Crippen molar-refractivity contribution in [3.05, 3.63) is 39.9 Å². The zero-order chi connectivity index (χ0) is 15.2. The molecule has 2 heterocycles. The second kappa shape index (κ2) is 7.56. The SMILES string of the molecule is CCNCc1ccc(OCc2c(Br)c(C)nn2CC)cn1. The van der Waals surface area contributed by atoms with Gasteiger partial charge in [-0.15, -0.1) is 0 Å². The first-order valence-electron chi connectivity index (χ1n) is 7.15. The van der Waals surface area contributed by atoms with Crippen LogP contribution in [-0.4, -0.2) is 21.3 Å². The van der Waals surface area contributed by atoms with Gasteiger partial charge in [0.05, 0.1) is 27.8 Å². The molecule has 0 radical (unpaired) electrons. The Bertz CT molecular complexity index is 580. The summed E-state index contributed by atoms with van der Waals surface area (Å²) in [6.45, 7) is 9.15. The molecule has 0 aliphatic carbocycles. The lowest BCUT2D eigenvalue weighted by Gasteiger charge is -2.09.